The third kappa shape index (κ3) is 2.60. The van der Waals surface area contributed by atoms with Crippen LogP contribution in [0.3, 0.4) is 0 Å². The number of nitrogens with zero attached hydrogens (tertiary/aromatic N) is 2. The number of hydrogen-bond donors (Lipinski definition) is 0. The molecule has 0 radical (unpaired) electrons. The largest absolute Gasteiger partial charge is 0.347 e. The summed E-state index contributed by atoms with van der Waals surface area (Å²) in [6.45, 7) is 0.344. The van der Waals surface area contributed by atoms with Gasteiger partial charge in [-0.05, 0) is 36.4 Å². The molecule has 0 aliphatic carbocycles. The molecule has 3 aromatic rings. The van der Waals surface area contributed by atoms with Gasteiger partial charge in [0.05, 0.1) is 0 Å². The fourth-order valence-electron chi connectivity index (χ4n) is 2.50. The second-order valence-electron chi connectivity index (χ2n) is 5.20. The molecule has 0 atom stereocenters. The Morgan fingerprint density at radius 1 is 1.00 bits per heavy atom. The van der Waals surface area contributed by atoms with E-state index in [1.165, 1.54) is 0 Å². The fraction of sp³-hybridized carbons (Fsp3) is 0.188. The lowest BCUT2D eigenvalue weighted by Crippen LogP contribution is -2.26. The summed E-state index contributed by atoms with van der Waals surface area (Å²) in [4.78, 5) is 13.7. The standard InChI is InChI=1S/C16H14Br2N2O/c1-19(2)16(21)9-20-14-5-3-10(17)7-12(14)13-8-11(18)4-6-15(13)20/h3-8H,9H2,1-2H3. The van der Waals surface area contributed by atoms with E-state index in [9.17, 15) is 4.79 Å². The SMILES string of the molecule is CN(C)C(=O)Cn1c2ccc(Br)cc2c2cc(Br)ccc21. The molecule has 3 nitrogen and oxygen atoms in total. The number of fused-ring (bicyclic) bond motifs is 3. The Labute approximate surface area is 139 Å². The van der Waals surface area contributed by atoms with E-state index in [0.717, 1.165) is 30.8 Å². The zero-order chi connectivity index (χ0) is 15.1. The van der Waals surface area contributed by atoms with Crippen molar-refractivity contribution in [1.82, 2.24) is 9.47 Å². The number of likely N-dealkylation sites (N-methyl/N-ethyl adjacent to an activating group) is 1. The van der Waals surface area contributed by atoms with Crippen LogP contribution in [-0.2, 0) is 11.3 Å². The van der Waals surface area contributed by atoms with Gasteiger partial charge in [-0.25, -0.2) is 0 Å². The smallest absolute Gasteiger partial charge is 0.242 e. The molecule has 0 spiro atoms. The van der Waals surface area contributed by atoms with Crippen molar-refractivity contribution in [2.24, 2.45) is 0 Å². The van der Waals surface area contributed by atoms with Gasteiger partial charge in [-0.15, -0.1) is 0 Å². The predicted octanol–water partition coefficient (Wildman–Crippen LogP) is 4.41. The van der Waals surface area contributed by atoms with Crippen molar-refractivity contribution in [3.63, 3.8) is 0 Å². The van der Waals surface area contributed by atoms with Gasteiger partial charge in [-0.3, -0.25) is 4.79 Å². The van der Waals surface area contributed by atoms with Crippen molar-refractivity contribution in [3.8, 4) is 0 Å². The van der Waals surface area contributed by atoms with E-state index in [4.69, 9.17) is 0 Å². The van der Waals surface area contributed by atoms with E-state index in [1.807, 2.05) is 12.1 Å². The van der Waals surface area contributed by atoms with Gasteiger partial charge in [-0.2, -0.15) is 0 Å². The molecule has 21 heavy (non-hydrogen) atoms. The summed E-state index contributed by atoms with van der Waals surface area (Å²) in [6, 6.07) is 12.3. The molecular formula is C16H14Br2N2O. The summed E-state index contributed by atoms with van der Waals surface area (Å²) in [5.41, 5.74) is 2.14. The van der Waals surface area contributed by atoms with Gasteiger partial charge >= 0.3 is 0 Å². The molecule has 5 heteroatoms. The zero-order valence-electron chi connectivity index (χ0n) is 11.7. The number of rotatable bonds is 2. The molecule has 0 unspecified atom stereocenters. The Balaban J connectivity index is 2.32. The first-order valence-electron chi connectivity index (χ1n) is 6.54. The highest BCUT2D eigenvalue weighted by Gasteiger charge is 2.14. The molecule has 0 bridgehead atoms. The number of carbonyl (C=O) groups is 1. The van der Waals surface area contributed by atoms with Gasteiger partial charge in [-0.1, -0.05) is 31.9 Å². The topological polar surface area (TPSA) is 25.2 Å². The quantitative estimate of drug-likeness (QED) is 0.615. The van der Waals surface area contributed by atoms with Crippen LogP contribution < -0.4 is 0 Å². The third-order valence-electron chi connectivity index (χ3n) is 3.58. The minimum absolute atomic E-state index is 0.0830. The van der Waals surface area contributed by atoms with E-state index < -0.39 is 0 Å². The van der Waals surface area contributed by atoms with Gasteiger partial charge in [0.25, 0.3) is 0 Å². The predicted molar refractivity (Wildman–Crippen MR) is 93.5 cm³/mol. The van der Waals surface area contributed by atoms with E-state index in [0.29, 0.717) is 6.54 Å². The Hall–Kier alpha value is -1.33. The highest BCUT2D eigenvalue weighted by Crippen LogP contribution is 2.32. The first-order valence-corrected chi connectivity index (χ1v) is 8.13. The Morgan fingerprint density at radius 3 is 1.90 bits per heavy atom. The molecule has 1 heterocycles. The van der Waals surface area contributed by atoms with Crippen LogP contribution in [0.4, 0.5) is 0 Å². The molecule has 0 aliphatic heterocycles. The molecule has 0 N–H and O–H groups in total. The molecule has 0 saturated heterocycles. The molecule has 1 amide bonds. The van der Waals surface area contributed by atoms with E-state index >= 15 is 0 Å². The lowest BCUT2D eigenvalue weighted by atomic mass is 10.2. The molecule has 0 fully saturated rings. The molecule has 108 valence electrons. The van der Waals surface area contributed by atoms with E-state index in [2.05, 4.69) is 60.7 Å². The van der Waals surface area contributed by atoms with E-state index in [-0.39, 0.29) is 5.91 Å². The second-order valence-corrected chi connectivity index (χ2v) is 7.03. The monoisotopic (exact) mass is 408 g/mol. The second kappa shape index (κ2) is 5.46. The van der Waals surface area contributed by atoms with Gasteiger partial charge in [0.2, 0.25) is 5.91 Å². The van der Waals surface area contributed by atoms with Crippen LogP contribution in [-0.4, -0.2) is 29.5 Å². The van der Waals surface area contributed by atoms with Crippen LogP contribution >= 0.6 is 31.9 Å². The van der Waals surface area contributed by atoms with Crippen LogP contribution in [0.2, 0.25) is 0 Å². The lowest BCUT2D eigenvalue weighted by molar-refractivity contribution is -0.129. The van der Waals surface area contributed by atoms with Crippen molar-refractivity contribution in [1.29, 1.82) is 0 Å². The number of halogens is 2. The summed E-state index contributed by atoms with van der Waals surface area (Å²) in [7, 11) is 3.56. The van der Waals surface area contributed by atoms with Crippen molar-refractivity contribution < 1.29 is 4.79 Å². The van der Waals surface area contributed by atoms with Gasteiger partial charge in [0.1, 0.15) is 6.54 Å². The maximum atomic E-state index is 12.1. The molecule has 1 aromatic heterocycles. The summed E-state index contributed by atoms with van der Waals surface area (Å²) in [5.74, 6) is 0.0830. The Bertz CT molecular complexity index is 793. The number of hydrogen-bond acceptors (Lipinski definition) is 1. The average molecular weight is 410 g/mol. The normalized spacial score (nSPS) is 11.2. The van der Waals surface area contributed by atoms with Gasteiger partial charge in [0.15, 0.2) is 0 Å². The molecular weight excluding hydrogens is 396 g/mol. The zero-order valence-corrected chi connectivity index (χ0v) is 14.9. The van der Waals surface area contributed by atoms with Crippen molar-refractivity contribution >= 4 is 59.6 Å². The molecule has 2 aromatic carbocycles. The minimum atomic E-state index is 0.0830. The number of benzene rings is 2. The van der Waals surface area contributed by atoms with Crippen molar-refractivity contribution in [3.05, 3.63) is 45.3 Å². The molecule has 0 saturated carbocycles. The Morgan fingerprint density at radius 2 is 1.48 bits per heavy atom. The summed E-state index contributed by atoms with van der Waals surface area (Å²) in [5, 5.41) is 2.29. The highest BCUT2D eigenvalue weighted by atomic mass is 79.9. The summed E-state index contributed by atoms with van der Waals surface area (Å²) in [6.07, 6.45) is 0. The lowest BCUT2D eigenvalue weighted by Gasteiger charge is -2.12. The number of amides is 1. The van der Waals surface area contributed by atoms with Crippen LogP contribution in [0, 0.1) is 0 Å². The van der Waals surface area contributed by atoms with Gasteiger partial charge < -0.3 is 9.47 Å². The van der Waals surface area contributed by atoms with Gasteiger partial charge in [0, 0.05) is 44.8 Å². The minimum Gasteiger partial charge on any atom is -0.347 e. The first-order chi connectivity index (χ1) is 9.97. The van der Waals surface area contributed by atoms with Crippen molar-refractivity contribution in [2.75, 3.05) is 14.1 Å². The summed E-state index contributed by atoms with van der Waals surface area (Å²) >= 11 is 7.05. The third-order valence-corrected chi connectivity index (χ3v) is 4.57. The maximum Gasteiger partial charge on any atom is 0.242 e. The fourth-order valence-corrected chi connectivity index (χ4v) is 3.22. The van der Waals surface area contributed by atoms with Crippen LogP contribution in [0.1, 0.15) is 0 Å². The van der Waals surface area contributed by atoms with E-state index in [1.54, 1.807) is 19.0 Å². The Kier molecular flexibility index (Phi) is 3.80. The average Bonchev–Trinajstić information content (AvgIpc) is 2.72. The summed E-state index contributed by atoms with van der Waals surface area (Å²) < 4.78 is 4.15. The maximum absolute atomic E-state index is 12.1. The number of aromatic nitrogens is 1. The first kappa shape index (κ1) is 14.6. The van der Waals surface area contributed by atoms with Crippen LogP contribution in [0.5, 0.6) is 0 Å². The molecule has 3 rings (SSSR count). The highest BCUT2D eigenvalue weighted by molar-refractivity contribution is 9.10. The molecule has 0 aliphatic rings. The van der Waals surface area contributed by atoms with Crippen LogP contribution in [0.25, 0.3) is 21.8 Å². The number of carbonyl (C=O) groups excluding carboxylic acids is 1. The van der Waals surface area contributed by atoms with Crippen LogP contribution in [0.15, 0.2) is 45.3 Å². The van der Waals surface area contributed by atoms with Crippen molar-refractivity contribution in [2.45, 2.75) is 6.54 Å².